The highest BCUT2D eigenvalue weighted by atomic mass is 16.4. The van der Waals surface area contributed by atoms with E-state index in [0.717, 1.165) is 17.9 Å². The van der Waals surface area contributed by atoms with Crippen molar-refractivity contribution in [3.63, 3.8) is 0 Å². The summed E-state index contributed by atoms with van der Waals surface area (Å²) in [6, 6.07) is 0. The normalized spacial score (nSPS) is 24.5. The van der Waals surface area contributed by atoms with Crippen LogP contribution in [0.3, 0.4) is 0 Å². The lowest BCUT2D eigenvalue weighted by Crippen LogP contribution is -2.60. The predicted molar refractivity (Wildman–Crippen MR) is 52.1 cm³/mol. The van der Waals surface area contributed by atoms with Crippen molar-refractivity contribution in [1.82, 2.24) is 10.2 Å². The molecule has 1 rings (SSSR count). The number of carboxylic acid groups (broad SMARTS) is 1. The number of carbonyl (C=O) groups excluding carboxylic acids is 1. The van der Waals surface area contributed by atoms with Gasteiger partial charge in [0.15, 0.2) is 5.54 Å². The first-order valence-electron chi connectivity index (χ1n) is 4.87. The van der Waals surface area contributed by atoms with Gasteiger partial charge in [0.05, 0.1) is 12.8 Å². The molecular formula is C9H16N2O4. The van der Waals surface area contributed by atoms with Crippen molar-refractivity contribution in [3.05, 3.63) is 0 Å². The van der Waals surface area contributed by atoms with Crippen LogP contribution in [0.1, 0.15) is 19.8 Å². The van der Waals surface area contributed by atoms with E-state index in [-0.39, 0.29) is 6.17 Å². The molecule has 1 aliphatic rings. The van der Waals surface area contributed by atoms with Crippen LogP contribution in [0, 0.1) is 0 Å². The quantitative estimate of drug-likeness (QED) is 0.512. The Hall–Kier alpha value is -1.14. The van der Waals surface area contributed by atoms with Crippen molar-refractivity contribution in [1.29, 1.82) is 0 Å². The molecule has 0 radical (unpaired) electrons. The number of carboxylic acids is 1. The second kappa shape index (κ2) is 4.59. The molecule has 0 aromatic carbocycles. The summed E-state index contributed by atoms with van der Waals surface area (Å²) in [6.45, 7) is 1.50. The number of hydrogen-bond donors (Lipinski definition) is 3. The van der Waals surface area contributed by atoms with Crippen molar-refractivity contribution >= 4 is 12.4 Å². The second-order valence-electron chi connectivity index (χ2n) is 3.86. The van der Waals surface area contributed by atoms with E-state index >= 15 is 0 Å². The number of nitrogens with zero attached hydrogens (tertiary/aromatic N) is 1. The molecule has 0 spiro atoms. The Bertz CT molecular complexity index is 252. The van der Waals surface area contributed by atoms with E-state index in [4.69, 9.17) is 10.2 Å². The molecule has 2 unspecified atom stereocenters. The average molecular weight is 216 g/mol. The molecule has 1 aliphatic heterocycles. The minimum absolute atomic E-state index is 0.296. The molecule has 1 amide bonds. The molecule has 15 heavy (non-hydrogen) atoms. The fourth-order valence-electron chi connectivity index (χ4n) is 1.70. The number of aliphatic hydroxyl groups is 1. The van der Waals surface area contributed by atoms with Gasteiger partial charge in [-0.05, 0) is 26.3 Å². The van der Waals surface area contributed by atoms with Crippen molar-refractivity contribution in [3.8, 4) is 0 Å². The minimum Gasteiger partial charge on any atom is -0.479 e. The largest absolute Gasteiger partial charge is 0.479 e. The zero-order valence-electron chi connectivity index (χ0n) is 8.64. The monoisotopic (exact) mass is 216 g/mol. The zero-order chi connectivity index (χ0) is 11.5. The summed E-state index contributed by atoms with van der Waals surface area (Å²) in [5.41, 5.74) is -1.55. The van der Waals surface area contributed by atoms with Gasteiger partial charge in [0.2, 0.25) is 6.41 Å². The Morgan fingerprint density at radius 3 is 2.73 bits per heavy atom. The van der Waals surface area contributed by atoms with Crippen molar-refractivity contribution in [2.45, 2.75) is 31.5 Å². The van der Waals surface area contributed by atoms with Gasteiger partial charge in [-0.2, -0.15) is 0 Å². The Morgan fingerprint density at radius 2 is 2.40 bits per heavy atom. The van der Waals surface area contributed by atoms with Crippen molar-refractivity contribution < 1.29 is 19.8 Å². The summed E-state index contributed by atoms with van der Waals surface area (Å²) in [6.07, 6.45) is 1.79. The lowest BCUT2D eigenvalue weighted by Gasteiger charge is -2.37. The van der Waals surface area contributed by atoms with Gasteiger partial charge < -0.3 is 15.1 Å². The summed E-state index contributed by atoms with van der Waals surface area (Å²) in [7, 11) is 0. The minimum atomic E-state index is -1.55. The van der Waals surface area contributed by atoms with Gasteiger partial charge in [-0.3, -0.25) is 10.1 Å². The standard InChI is InChI=1S/C9H16N2O4/c1-9(5-12,8(14)15)11(6-13)7-3-2-4-10-7/h6-7,10,12H,2-5H2,1H3,(H,14,15). The Labute approximate surface area is 87.9 Å². The predicted octanol–water partition coefficient (Wildman–Crippen LogP) is -1.01. The highest BCUT2D eigenvalue weighted by molar-refractivity contribution is 5.81. The molecule has 0 bridgehead atoms. The Balaban J connectivity index is 2.87. The molecule has 3 N–H and O–H groups in total. The summed E-state index contributed by atoms with van der Waals surface area (Å²) in [5.74, 6) is -1.20. The zero-order valence-corrected chi connectivity index (χ0v) is 8.64. The third kappa shape index (κ3) is 2.10. The van der Waals surface area contributed by atoms with E-state index in [0.29, 0.717) is 12.8 Å². The van der Waals surface area contributed by atoms with Crippen LogP contribution >= 0.6 is 0 Å². The Kier molecular flexibility index (Phi) is 3.65. The fraction of sp³-hybridized carbons (Fsp3) is 0.778. The maximum absolute atomic E-state index is 11.0. The molecule has 0 aliphatic carbocycles. The van der Waals surface area contributed by atoms with Crippen molar-refractivity contribution in [2.75, 3.05) is 13.2 Å². The first-order chi connectivity index (χ1) is 7.06. The molecule has 2 atom stereocenters. The number of amides is 1. The lowest BCUT2D eigenvalue weighted by molar-refractivity contribution is -0.159. The highest BCUT2D eigenvalue weighted by Crippen LogP contribution is 2.20. The van der Waals surface area contributed by atoms with Crippen molar-refractivity contribution in [2.24, 2.45) is 0 Å². The molecule has 0 saturated carbocycles. The highest BCUT2D eigenvalue weighted by Gasteiger charge is 2.42. The first-order valence-corrected chi connectivity index (χ1v) is 4.87. The van der Waals surface area contributed by atoms with Crippen LogP contribution in [0.2, 0.25) is 0 Å². The van der Waals surface area contributed by atoms with Crippen LogP contribution in [-0.2, 0) is 9.59 Å². The molecule has 1 fully saturated rings. The summed E-state index contributed by atoms with van der Waals surface area (Å²) in [4.78, 5) is 23.1. The second-order valence-corrected chi connectivity index (χ2v) is 3.86. The number of aliphatic carboxylic acids is 1. The van der Waals surface area contributed by atoms with Gasteiger partial charge in [0.1, 0.15) is 0 Å². The van der Waals surface area contributed by atoms with Crippen LogP contribution in [0.25, 0.3) is 0 Å². The van der Waals surface area contributed by atoms with Gasteiger partial charge >= 0.3 is 5.97 Å². The first kappa shape index (κ1) is 11.9. The van der Waals surface area contributed by atoms with E-state index in [9.17, 15) is 9.59 Å². The topological polar surface area (TPSA) is 89.9 Å². The molecule has 0 aromatic rings. The van der Waals surface area contributed by atoms with E-state index in [1.165, 1.54) is 6.92 Å². The molecule has 86 valence electrons. The number of nitrogens with one attached hydrogen (secondary N) is 1. The molecule has 1 heterocycles. The SMILES string of the molecule is CC(CO)(C(=O)O)N(C=O)C1CCCN1. The number of aliphatic hydroxyl groups excluding tert-OH is 1. The lowest BCUT2D eigenvalue weighted by atomic mass is 10.0. The van der Waals surface area contributed by atoms with Crippen LogP contribution < -0.4 is 5.32 Å². The van der Waals surface area contributed by atoms with Crippen LogP contribution in [-0.4, -0.2) is 52.3 Å². The van der Waals surface area contributed by atoms with E-state index in [2.05, 4.69) is 5.32 Å². The fourth-order valence-corrected chi connectivity index (χ4v) is 1.70. The van der Waals surface area contributed by atoms with Gasteiger partial charge in [0, 0.05) is 0 Å². The van der Waals surface area contributed by atoms with Gasteiger partial charge in [0.25, 0.3) is 0 Å². The molecule has 6 heteroatoms. The number of hydrogen-bond acceptors (Lipinski definition) is 4. The van der Waals surface area contributed by atoms with Gasteiger partial charge in [-0.1, -0.05) is 0 Å². The van der Waals surface area contributed by atoms with Gasteiger partial charge in [-0.15, -0.1) is 0 Å². The van der Waals surface area contributed by atoms with E-state index in [1.807, 2.05) is 0 Å². The van der Waals surface area contributed by atoms with E-state index < -0.39 is 18.1 Å². The summed E-state index contributed by atoms with van der Waals surface area (Å²) >= 11 is 0. The molecule has 6 nitrogen and oxygen atoms in total. The molecular weight excluding hydrogens is 200 g/mol. The molecule has 0 aromatic heterocycles. The average Bonchev–Trinajstić information content (AvgIpc) is 2.71. The smallest absolute Gasteiger partial charge is 0.331 e. The molecule has 1 saturated heterocycles. The maximum atomic E-state index is 11.0. The summed E-state index contributed by atoms with van der Waals surface area (Å²) < 4.78 is 0. The Morgan fingerprint density at radius 1 is 1.73 bits per heavy atom. The third-order valence-electron chi connectivity index (χ3n) is 2.82. The van der Waals surface area contributed by atoms with Gasteiger partial charge in [-0.25, -0.2) is 4.79 Å². The van der Waals surface area contributed by atoms with Crippen LogP contribution in [0.15, 0.2) is 0 Å². The maximum Gasteiger partial charge on any atom is 0.331 e. The number of carbonyl (C=O) groups is 2. The van der Waals surface area contributed by atoms with Crippen LogP contribution in [0.5, 0.6) is 0 Å². The summed E-state index contributed by atoms with van der Waals surface area (Å²) in [5, 5.41) is 21.1. The number of rotatable bonds is 5. The van der Waals surface area contributed by atoms with Crippen LogP contribution in [0.4, 0.5) is 0 Å². The van der Waals surface area contributed by atoms with E-state index in [1.54, 1.807) is 0 Å². The third-order valence-corrected chi connectivity index (χ3v) is 2.82.